The molecule has 0 bridgehead atoms. The van der Waals surface area contributed by atoms with Gasteiger partial charge in [-0.3, -0.25) is 0 Å². The summed E-state index contributed by atoms with van der Waals surface area (Å²) < 4.78 is 36.6. The Morgan fingerprint density at radius 3 is 1.61 bits per heavy atom. The molecule has 0 aromatic carbocycles. The molecule has 36 heavy (non-hydrogen) atoms. The first kappa shape index (κ1) is 26.8. The molecule has 0 N–H and O–H groups in total. The van der Waals surface area contributed by atoms with E-state index < -0.39 is 11.6 Å². The Labute approximate surface area is 218 Å². The van der Waals surface area contributed by atoms with Crippen molar-refractivity contribution < 1.29 is 28.4 Å². The number of rotatable bonds is 8. The molecule has 6 heteroatoms. The number of hydrogen-bond donors (Lipinski definition) is 0. The third-order valence-corrected chi connectivity index (χ3v) is 9.01. The lowest BCUT2D eigenvalue weighted by molar-refractivity contribution is -0.235. The Kier molecular flexibility index (Phi) is 8.03. The summed E-state index contributed by atoms with van der Waals surface area (Å²) in [6, 6.07) is 0. The molecule has 4 fully saturated rings. The summed E-state index contributed by atoms with van der Waals surface area (Å²) in [5.41, 5.74) is 2.42. The van der Waals surface area contributed by atoms with Gasteiger partial charge in [0.15, 0.2) is 11.6 Å². The molecule has 6 atom stereocenters. The zero-order valence-corrected chi connectivity index (χ0v) is 23.1. The highest BCUT2D eigenvalue weighted by molar-refractivity contribution is 5.31. The SMILES string of the molecule is CCCCO[C@@]1(C)C[C@@H]2OCC3=CCCC[C@]32O1.CCCCO[C@]1(C)C[C@@H]2OCC3=CCCC[C@]32O1. The third-order valence-electron chi connectivity index (χ3n) is 9.01. The lowest BCUT2D eigenvalue weighted by Gasteiger charge is -2.34. The van der Waals surface area contributed by atoms with Crippen LogP contribution in [-0.2, 0) is 28.4 Å². The molecule has 0 amide bonds. The topological polar surface area (TPSA) is 55.4 Å². The van der Waals surface area contributed by atoms with Gasteiger partial charge in [0, 0.05) is 12.8 Å². The molecule has 2 spiro atoms. The summed E-state index contributed by atoms with van der Waals surface area (Å²) >= 11 is 0. The Hall–Kier alpha value is -0.760. The Bertz CT molecular complexity index is 771. The zero-order chi connectivity index (χ0) is 25.3. The van der Waals surface area contributed by atoms with E-state index in [1.54, 1.807) is 0 Å². The first-order valence-electron chi connectivity index (χ1n) is 14.7. The molecular formula is C30H48O6. The summed E-state index contributed by atoms with van der Waals surface area (Å²) in [6.07, 6.45) is 18.2. The molecule has 4 heterocycles. The lowest BCUT2D eigenvalue weighted by atomic mass is 9.81. The van der Waals surface area contributed by atoms with Crippen LogP contribution in [0, 0.1) is 0 Å². The second-order valence-electron chi connectivity index (χ2n) is 11.9. The predicted molar refractivity (Wildman–Crippen MR) is 139 cm³/mol. The molecule has 0 unspecified atom stereocenters. The van der Waals surface area contributed by atoms with Crippen LogP contribution in [0.2, 0.25) is 0 Å². The minimum Gasteiger partial charge on any atom is -0.370 e. The van der Waals surface area contributed by atoms with Crippen LogP contribution in [0.4, 0.5) is 0 Å². The van der Waals surface area contributed by atoms with E-state index >= 15 is 0 Å². The van der Waals surface area contributed by atoms with Gasteiger partial charge in [0.1, 0.15) is 11.2 Å². The molecule has 6 rings (SSSR count). The van der Waals surface area contributed by atoms with E-state index in [4.69, 9.17) is 28.4 Å². The third kappa shape index (κ3) is 4.99. The molecule has 0 aromatic heterocycles. The second kappa shape index (κ2) is 10.8. The zero-order valence-electron chi connectivity index (χ0n) is 23.1. The molecule has 0 aromatic rings. The van der Waals surface area contributed by atoms with Crippen molar-refractivity contribution in [2.24, 2.45) is 0 Å². The fourth-order valence-electron chi connectivity index (χ4n) is 7.08. The van der Waals surface area contributed by atoms with Gasteiger partial charge in [0.05, 0.1) is 38.6 Å². The summed E-state index contributed by atoms with van der Waals surface area (Å²) in [5, 5.41) is 0. The van der Waals surface area contributed by atoms with Crippen molar-refractivity contribution in [1.82, 2.24) is 0 Å². The van der Waals surface area contributed by atoms with E-state index in [0.29, 0.717) is 0 Å². The monoisotopic (exact) mass is 504 g/mol. The highest BCUT2D eigenvalue weighted by atomic mass is 16.7. The van der Waals surface area contributed by atoms with E-state index in [1.807, 2.05) is 0 Å². The van der Waals surface area contributed by atoms with Gasteiger partial charge in [0.25, 0.3) is 0 Å². The van der Waals surface area contributed by atoms with Crippen molar-refractivity contribution in [1.29, 1.82) is 0 Å². The molecule has 6 nitrogen and oxygen atoms in total. The summed E-state index contributed by atoms with van der Waals surface area (Å²) in [4.78, 5) is 0. The van der Waals surface area contributed by atoms with Crippen molar-refractivity contribution in [2.45, 2.75) is 140 Å². The van der Waals surface area contributed by atoms with Gasteiger partial charge in [-0.2, -0.15) is 0 Å². The highest BCUT2D eigenvalue weighted by Gasteiger charge is 2.61. The summed E-state index contributed by atoms with van der Waals surface area (Å²) in [7, 11) is 0. The van der Waals surface area contributed by atoms with E-state index in [-0.39, 0.29) is 23.4 Å². The molecular weight excluding hydrogens is 456 g/mol. The Morgan fingerprint density at radius 1 is 0.750 bits per heavy atom. The van der Waals surface area contributed by atoms with Gasteiger partial charge in [-0.15, -0.1) is 0 Å². The molecule has 2 aliphatic carbocycles. The van der Waals surface area contributed by atoms with Crippen LogP contribution in [0.1, 0.15) is 105 Å². The average Bonchev–Trinajstić information content (AvgIpc) is 3.53. The van der Waals surface area contributed by atoms with Crippen LogP contribution in [0.25, 0.3) is 0 Å². The van der Waals surface area contributed by atoms with E-state index in [0.717, 1.165) is 77.8 Å². The average molecular weight is 505 g/mol. The largest absolute Gasteiger partial charge is 0.370 e. The maximum absolute atomic E-state index is 6.40. The van der Waals surface area contributed by atoms with E-state index in [2.05, 4.69) is 39.8 Å². The number of unbranched alkanes of at least 4 members (excludes halogenated alkanes) is 2. The Balaban J connectivity index is 0.000000148. The van der Waals surface area contributed by atoms with Crippen molar-refractivity contribution >= 4 is 0 Å². The standard InChI is InChI=1S/2C15H24O3/c2*1-3-4-9-17-14(2)10-13-15(18-14)8-6-5-7-12(15)11-16-13/h2*7,13H,3-6,8-11H2,1-2H3/t13-,14+,15-;13-,14-,15-/m00/s1. The minimum atomic E-state index is -0.448. The fourth-order valence-corrected chi connectivity index (χ4v) is 7.08. The van der Waals surface area contributed by atoms with Gasteiger partial charge in [-0.25, -0.2) is 0 Å². The second-order valence-corrected chi connectivity index (χ2v) is 11.9. The van der Waals surface area contributed by atoms with Crippen LogP contribution < -0.4 is 0 Å². The van der Waals surface area contributed by atoms with Crippen molar-refractivity contribution in [3.05, 3.63) is 23.3 Å². The van der Waals surface area contributed by atoms with Gasteiger partial charge in [-0.05, 0) is 76.4 Å². The lowest BCUT2D eigenvalue weighted by Crippen LogP contribution is -2.40. The van der Waals surface area contributed by atoms with Crippen LogP contribution in [-0.4, -0.2) is 61.4 Å². The van der Waals surface area contributed by atoms with E-state index in [9.17, 15) is 0 Å². The molecule has 0 saturated carbocycles. The van der Waals surface area contributed by atoms with E-state index in [1.165, 1.54) is 36.8 Å². The van der Waals surface area contributed by atoms with Crippen LogP contribution in [0.5, 0.6) is 0 Å². The molecule has 4 aliphatic heterocycles. The predicted octanol–water partition coefficient (Wildman–Crippen LogP) is 6.38. The van der Waals surface area contributed by atoms with Gasteiger partial charge < -0.3 is 28.4 Å². The Morgan fingerprint density at radius 2 is 1.19 bits per heavy atom. The molecule has 4 saturated heterocycles. The first-order valence-corrected chi connectivity index (χ1v) is 14.7. The quantitative estimate of drug-likeness (QED) is 0.283. The van der Waals surface area contributed by atoms with Gasteiger partial charge >= 0.3 is 0 Å². The summed E-state index contributed by atoms with van der Waals surface area (Å²) in [6.45, 7) is 11.6. The first-order chi connectivity index (χ1) is 17.4. The summed E-state index contributed by atoms with van der Waals surface area (Å²) in [5.74, 6) is -0.895. The van der Waals surface area contributed by atoms with Crippen LogP contribution in [0.15, 0.2) is 23.3 Å². The van der Waals surface area contributed by atoms with Gasteiger partial charge in [0.2, 0.25) is 0 Å². The van der Waals surface area contributed by atoms with Crippen molar-refractivity contribution in [3.63, 3.8) is 0 Å². The number of allylic oxidation sites excluding steroid dienone is 2. The number of ether oxygens (including phenoxy) is 6. The fraction of sp³-hybridized carbons (Fsp3) is 0.867. The van der Waals surface area contributed by atoms with Crippen LogP contribution in [0.3, 0.4) is 0 Å². The molecule has 6 aliphatic rings. The molecule has 0 radical (unpaired) electrons. The van der Waals surface area contributed by atoms with Crippen molar-refractivity contribution in [3.8, 4) is 0 Å². The van der Waals surface area contributed by atoms with Gasteiger partial charge in [-0.1, -0.05) is 38.8 Å². The highest BCUT2D eigenvalue weighted by Crippen LogP contribution is 2.53. The smallest absolute Gasteiger partial charge is 0.169 e. The van der Waals surface area contributed by atoms with Crippen LogP contribution >= 0.6 is 0 Å². The normalized spacial score (nSPS) is 42.6. The maximum Gasteiger partial charge on any atom is 0.169 e. The number of hydrogen-bond acceptors (Lipinski definition) is 6. The van der Waals surface area contributed by atoms with Crippen molar-refractivity contribution in [2.75, 3.05) is 26.4 Å². The molecule has 204 valence electrons. The minimum absolute atomic E-state index is 0.154. The maximum atomic E-state index is 6.40.